The van der Waals surface area contributed by atoms with Crippen LogP contribution < -0.4 is 15.5 Å². The predicted molar refractivity (Wildman–Crippen MR) is 112 cm³/mol. The Labute approximate surface area is 164 Å². The fraction of sp³-hybridized carbons (Fsp3) is 0.130. The molecule has 0 radical (unpaired) electrons. The van der Waals surface area contributed by atoms with Gasteiger partial charge >= 0.3 is 0 Å². The second-order valence-electron chi connectivity index (χ2n) is 6.69. The van der Waals surface area contributed by atoms with Gasteiger partial charge < -0.3 is 15.5 Å². The second-order valence-corrected chi connectivity index (χ2v) is 6.69. The van der Waals surface area contributed by atoms with Gasteiger partial charge in [-0.2, -0.15) is 0 Å². The summed E-state index contributed by atoms with van der Waals surface area (Å²) in [6, 6.07) is 24.6. The van der Waals surface area contributed by atoms with Gasteiger partial charge in [0.2, 0.25) is 5.91 Å². The van der Waals surface area contributed by atoms with Gasteiger partial charge in [-0.25, -0.2) is 0 Å². The van der Waals surface area contributed by atoms with E-state index >= 15 is 0 Å². The van der Waals surface area contributed by atoms with Crippen molar-refractivity contribution in [2.45, 2.75) is 12.8 Å². The zero-order valence-electron chi connectivity index (χ0n) is 15.4. The molecule has 2 N–H and O–H groups in total. The summed E-state index contributed by atoms with van der Waals surface area (Å²) in [4.78, 5) is 26.5. The highest BCUT2D eigenvalue weighted by molar-refractivity contribution is 6.07. The van der Waals surface area contributed by atoms with Crippen LogP contribution in [0.15, 0.2) is 78.9 Å². The van der Waals surface area contributed by atoms with Crippen molar-refractivity contribution >= 4 is 34.6 Å². The summed E-state index contributed by atoms with van der Waals surface area (Å²) in [7, 11) is 0. The molecule has 0 aliphatic carbocycles. The topological polar surface area (TPSA) is 61.4 Å². The molecular weight excluding hydrogens is 350 g/mol. The molecule has 2 amide bonds. The summed E-state index contributed by atoms with van der Waals surface area (Å²) in [5.41, 5.74) is 3.74. The zero-order chi connectivity index (χ0) is 19.3. The lowest BCUT2D eigenvalue weighted by atomic mass is 10.1. The standard InChI is InChI=1S/C23H21N3O2/c27-22-14-7-15-26(22)19-11-6-8-17(16-19)23(28)25-21-13-5-4-12-20(21)24-18-9-2-1-3-10-18/h1-6,8-13,16,24H,7,14-15H2,(H,25,28). The zero-order valence-corrected chi connectivity index (χ0v) is 15.4. The number of benzene rings is 3. The fourth-order valence-electron chi connectivity index (χ4n) is 3.31. The van der Waals surface area contributed by atoms with E-state index in [-0.39, 0.29) is 11.8 Å². The summed E-state index contributed by atoms with van der Waals surface area (Å²) in [5, 5.41) is 6.29. The van der Waals surface area contributed by atoms with Crippen molar-refractivity contribution in [3.63, 3.8) is 0 Å². The van der Waals surface area contributed by atoms with Crippen LogP contribution in [-0.2, 0) is 4.79 Å². The van der Waals surface area contributed by atoms with E-state index in [2.05, 4.69) is 10.6 Å². The third-order valence-electron chi connectivity index (χ3n) is 4.72. The normalized spacial score (nSPS) is 13.4. The molecule has 1 fully saturated rings. The van der Waals surface area contributed by atoms with E-state index in [4.69, 9.17) is 0 Å². The first kappa shape index (κ1) is 17.8. The minimum Gasteiger partial charge on any atom is -0.354 e. The summed E-state index contributed by atoms with van der Waals surface area (Å²) >= 11 is 0. The lowest BCUT2D eigenvalue weighted by Gasteiger charge is -2.17. The average Bonchev–Trinajstić information content (AvgIpc) is 3.16. The first-order valence-electron chi connectivity index (χ1n) is 9.33. The van der Waals surface area contributed by atoms with Crippen LogP contribution in [0, 0.1) is 0 Å². The summed E-state index contributed by atoms with van der Waals surface area (Å²) in [6.07, 6.45) is 1.42. The summed E-state index contributed by atoms with van der Waals surface area (Å²) < 4.78 is 0. The molecule has 1 aliphatic rings. The lowest BCUT2D eigenvalue weighted by Crippen LogP contribution is -2.24. The van der Waals surface area contributed by atoms with Gasteiger partial charge in [0.15, 0.2) is 0 Å². The van der Waals surface area contributed by atoms with Crippen LogP contribution in [0.4, 0.5) is 22.7 Å². The third-order valence-corrected chi connectivity index (χ3v) is 4.72. The number of hydrogen-bond acceptors (Lipinski definition) is 3. The van der Waals surface area contributed by atoms with Crippen molar-refractivity contribution in [1.29, 1.82) is 0 Å². The van der Waals surface area contributed by atoms with Crippen LogP contribution in [0.2, 0.25) is 0 Å². The van der Waals surface area contributed by atoms with Gasteiger partial charge in [0.1, 0.15) is 0 Å². The molecule has 3 aromatic carbocycles. The number of rotatable bonds is 5. The van der Waals surface area contributed by atoms with Crippen molar-refractivity contribution in [1.82, 2.24) is 0 Å². The molecule has 0 bridgehead atoms. The Morgan fingerprint density at radius 1 is 0.857 bits per heavy atom. The van der Waals surface area contributed by atoms with Crippen LogP contribution in [0.1, 0.15) is 23.2 Å². The Balaban J connectivity index is 1.54. The highest BCUT2D eigenvalue weighted by Gasteiger charge is 2.22. The number of amides is 2. The molecule has 4 rings (SSSR count). The monoisotopic (exact) mass is 371 g/mol. The highest BCUT2D eigenvalue weighted by atomic mass is 16.2. The Hall–Kier alpha value is -3.60. The molecule has 3 aromatic rings. The number of nitrogens with one attached hydrogen (secondary N) is 2. The molecule has 0 aromatic heterocycles. The molecule has 28 heavy (non-hydrogen) atoms. The fourth-order valence-corrected chi connectivity index (χ4v) is 3.31. The molecule has 0 saturated carbocycles. The summed E-state index contributed by atoms with van der Waals surface area (Å²) in [5.74, 6) is -0.106. The molecular formula is C23H21N3O2. The van der Waals surface area contributed by atoms with Crippen molar-refractivity contribution in [2.75, 3.05) is 22.1 Å². The number of anilines is 4. The predicted octanol–water partition coefficient (Wildman–Crippen LogP) is 4.81. The second kappa shape index (κ2) is 7.96. The van der Waals surface area contributed by atoms with E-state index in [1.54, 1.807) is 17.0 Å². The van der Waals surface area contributed by atoms with Crippen LogP contribution >= 0.6 is 0 Å². The van der Waals surface area contributed by atoms with E-state index in [0.717, 1.165) is 23.5 Å². The van der Waals surface area contributed by atoms with Gasteiger partial charge in [0, 0.05) is 29.9 Å². The number of carbonyl (C=O) groups is 2. The Bertz CT molecular complexity index is 1000. The quantitative estimate of drug-likeness (QED) is 0.677. The van der Waals surface area contributed by atoms with Crippen LogP contribution in [0.5, 0.6) is 0 Å². The van der Waals surface area contributed by atoms with Gasteiger partial charge in [0.25, 0.3) is 5.91 Å². The molecule has 0 spiro atoms. The minimum atomic E-state index is -0.212. The molecule has 140 valence electrons. The Morgan fingerprint density at radius 2 is 1.61 bits per heavy atom. The number of para-hydroxylation sites is 3. The Kier molecular flexibility index (Phi) is 5.06. The molecule has 0 atom stereocenters. The van der Waals surface area contributed by atoms with E-state index in [9.17, 15) is 9.59 Å². The van der Waals surface area contributed by atoms with Crippen molar-refractivity contribution in [3.05, 3.63) is 84.4 Å². The molecule has 5 heteroatoms. The van der Waals surface area contributed by atoms with Crippen molar-refractivity contribution in [3.8, 4) is 0 Å². The van der Waals surface area contributed by atoms with Crippen LogP contribution in [0.3, 0.4) is 0 Å². The first-order valence-corrected chi connectivity index (χ1v) is 9.33. The number of carbonyl (C=O) groups excluding carboxylic acids is 2. The van der Waals surface area contributed by atoms with Gasteiger partial charge in [-0.05, 0) is 48.9 Å². The van der Waals surface area contributed by atoms with Gasteiger partial charge in [-0.15, -0.1) is 0 Å². The smallest absolute Gasteiger partial charge is 0.255 e. The van der Waals surface area contributed by atoms with E-state index in [1.165, 1.54) is 0 Å². The Morgan fingerprint density at radius 3 is 2.36 bits per heavy atom. The largest absolute Gasteiger partial charge is 0.354 e. The van der Waals surface area contributed by atoms with Crippen LogP contribution in [-0.4, -0.2) is 18.4 Å². The lowest BCUT2D eigenvalue weighted by molar-refractivity contribution is -0.117. The SMILES string of the molecule is O=C(Nc1ccccc1Nc1ccccc1)c1cccc(N2CCCC2=O)c1. The maximum absolute atomic E-state index is 12.8. The number of nitrogens with zero attached hydrogens (tertiary/aromatic N) is 1. The van der Waals surface area contributed by atoms with Gasteiger partial charge in [-0.1, -0.05) is 36.4 Å². The maximum atomic E-state index is 12.8. The van der Waals surface area contributed by atoms with Gasteiger partial charge in [-0.3, -0.25) is 9.59 Å². The van der Waals surface area contributed by atoms with E-state index in [1.807, 2.05) is 66.7 Å². The van der Waals surface area contributed by atoms with Gasteiger partial charge in [0.05, 0.1) is 11.4 Å². The average molecular weight is 371 g/mol. The number of hydrogen-bond donors (Lipinski definition) is 2. The molecule has 1 heterocycles. The summed E-state index contributed by atoms with van der Waals surface area (Å²) in [6.45, 7) is 0.702. The van der Waals surface area contributed by atoms with Crippen LogP contribution in [0.25, 0.3) is 0 Å². The van der Waals surface area contributed by atoms with Crippen molar-refractivity contribution in [2.24, 2.45) is 0 Å². The highest BCUT2D eigenvalue weighted by Crippen LogP contribution is 2.27. The molecule has 5 nitrogen and oxygen atoms in total. The minimum absolute atomic E-state index is 0.106. The third kappa shape index (κ3) is 3.88. The molecule has 1 aliphatic heterocycles. The van der Waals surface area contributed by atoms with Crippen molar-refractivity contribution < 1.29 is 9.59 Å². The van der Waals surface area contributed by atoms with E-state index in [0.29, 0.717) is 24.2 Å². The maximum Gasteiger partial charge on any atom is 0.255 e. The van der Waals surface area contributed by atoms with E-state index < -0.39 is 0 Å². The molecule has 0 unspecified atom stereocenters. The first-order chi connectivity index (χ1) is 13.7. The molecule has 1 saturated heterocycles.